The number of aromatic nitrogens is 4. The van der Waals surface area contributed by atoms with Crippen LogP contribution >= 0.6 is 0 Å². The van der Waals surface area contributed by atoms with Crippen molar-refractivity contribution in [1.82, 2.24) is 19.9 Å². The fourth-order valence-electron chi connectivity index (χ4n) is 3.36. The summed E-state index contributed by atoms with van der Waals surface area (Å²) >= 11 is 0. The van der Waals surface area contributed by atoms with Gasteiger partial charge in [-0.3, -0.25) is 19.9 Å². The predicted octanol–water partition coefficient (Wildman–Crippen LogP) is -3.72. The van der Waals surface area contributed by atoms with Crippen LogP contribution in [0, 0.1) is 0 Å². The minimum atomic E-state index is -1.08. The second-order valence-corrected chi connectivity index (χ2v) is 7.41. The fourth-order valence-corrected chi connectivity index (χ4v) is 3.36. The molecule has 17 heteroatoms. The number of aliphatic carboxylic acids is 2. The van der Waals surface area contributed by atoms with Gasteiger partial charge in [-0.25, -0.2) is 0 Å². The van der Waals surface area contributed by atoms with Crippen molar-refractivity contribution in [3.8, 4) is 0 Å². The van der Waals surface area contributed by atoms with Gasteiger partial charge in [0.05, 0.1) is 22.1 Å². The minimum Gasteiger partial charge on any atom is -0.550 e. The number of fused-ring (bicyclic) bond motifs is 6. The molecule has 1 radical (unpaired) electrons. The van der Waals surface area contributed by atoms with Crippen LogP contribution in [0.3, 0.4) is 0 Å². The van der Waals surface area contributed by atoms with Gasteiger partial charge in [0, 0.05) is 58.3 Å². The Kier molecular flexibility index (Phi) is 34.9. The number of pyridine rings is 4. The van der Waals surface area contributed by atoms with Gasteiger partial charge >= 0.3 is 16.8 Å². The van der Waals surface area contributed by atoms with Gasteiger partial charge in [-0.1, -0.05) is 48.5 Å². The second-order valence-electron chi connectivity index (χ2n) is 7.41. The molecule has 45 heavy (non-hydrogen) atoms. The van der Waals surface area contributed by atoms with Crippen LogP contribution in [0.15, 0.2) is 97.6 Å². The van der Waals surface area contributed by atoms with Crippen molar-refractivity contribution in [2.75, 3.05) is 0 Å². The van der Waals surface area contributed by atoms with Crippen LogP contribution in [0.1, 0.15) is 13.8 Å². The molecule has 2 aromatic carbocycles. The number of carbonyl (C=O) groups excluding carboxylic acids is 2. The molecule has 0 atom stereocenters. The Bertz CT molecular complexity index is 1420. The van der Waals surface area contributed by atoms with Crippen molar-refractivity contribution in [2.45, 2.75) is 13.8 Å². The molecule has 6 aromatic rings. The van der Waals surface area contributed by atoms with E-state index in [1.165, 1.54) is 0 Å². The molecule has 251 valence electrons. The molecule has 0 aliphatic heterocycles. The van der Waals surface area contributed by atoms with Crippen LogP contribution < -0.4 is 10.2 Å². The van der Waals surface area contributed by atoms with Crippen LogP contribution in [-0.4, -0.2) is 64.7 Å². The smallest absolute Gasteiger partial charge is 0.550 e. The van der Waals surface area contributed by atoms with Crippen LogP contribution in [0.5, 0.6) is 0 Å². The van der Waals surface area contributed by atoms with Gasteiger partial charge in [-0.05, 0) is 38.1 Å². The third-order valence-corrected chi connectivity index (χ3v) is 4.69. The normalized spacial score (nSPS) is 7.87. The average molecular weight is 684 g/mol. The zero-order chi connectivity index (χ0) is 25.9. The fraction of sp³-hybridized carbons (Fsp3) is 0.0714. The Morgan fingerprint density at radius 2 is 0.600 bits per heavy atom. The Morgan fingerprint density at radius 1 is 0.444 bits per heavy atom. The molecule has 4 aromatic heterocycles. The second kappa shape index (κ2) is 28.0. The molecule has 0 amide bonds. The number of carbonyl (C=O) groups is 2. The topological polar surface area (TPSA) is 387 Å². The Morgan fingerprint density at radius 3 is 0.756 bits per heavy atom. The van der Waals surface area contributed by atoms with E-state index >= 15 is 0 Å². The standard InChI is InChI=1S/2C12H8N2.2C2H4O2.Co.8H2O/c2*1-3-9-5-6-10-4-2-8-14-12(10)11(9)13-7-1;2*1-2(3)4;;;;;;;;;/h2*1-8H;2*1H3,(H,3,4);;8*1H2/q;;;;+2;;;;;;;;. The minimum absolute atomic E-state index is 0. The van der Waals surface area contributed by atoms with Crippen molar-refractivity contribution < 1.29 is 80.4 Å². The van der Waals surface area contributed by atoms with Crippen molar-refractivity contribution in [3.63, 3.8) is 0 Å². The maximum Gasteiger partial charge on any atom is 2.00 e. The first kappa shape index (κ1) is 56.0. The van der Waals surface area contributed by atoms with E-state index in [9.17, 15) is 0 Å². The zero-order valence-corrected chi connectivity index (χ0v) is 25.2. The first-order valence-corrected chi connectivity index (χ1v) is 10.9. The summed E-state index contributed by atoms with van der Waals surface area (Å²) in [6.45, 7) is 1.94. The monoisotopic (exact) mass is 683 g/mol. The first-order valence-electron chi connectivity index (χ1n) is 10.9. The maximum atomic E-state index is 8.89. The predicted molar refractivity (Wildman–Crippen MR) is 167 cm³/mol. The quantitative estimate of drug-likeness (QED) is 0.113. The van der Waals surface area contributed by atoms with Gasteiger partial charge in [0.25, 0.3) is 0 Å². The largest absolute Gasteiger partial charge is 2.00 e. The molecule has 6 rings (SSSR count). The number of hydrogen-bond donors (Lipinski definition) is 0. The van der Waals surface area contributed by atoms with Crippen LogP contribution in [0.4, 0.5) is 0 Å². The number of hydrogen-bond acceptors (Lipinski definition) is 8. The molecule has 0 spiro atoms. The molecule has 18 N–H and O–H groups in total. The van der Waals surface area contributed by atoms with E-state index < -0.39 is 11.9 Å². The van der Waals surface area contributed by atoms with Gasteiger partial charge in [0.2, 0.25) is 0 Å². The molecular formula is C28H40CoN4O12+2. The van der Waals surface area contributed by atoms with E-state index in [1.54, 1.807) is 24.8 Å². The molecule has 16 nitrogen and oxygen atoms in total. The molecule has 4 heterocycles. The van der Waals surface area contributed by atoms with Gasteiger partial charge in [0.1, 0.15) is 0 Å². The number of carboxylic acids is 2. The third-order valence-electron chi connectivity index (χ3n) is 4.69. The summed E-state index contributed by atoms with van der Waals surface area (Å²) in [4.78, 5) is 35.2. The Balaban J connectivity index is -0.0000000896. The van der Waals surface area contributed by atoms with Crippen molar-refractivity contribution in [3.05, 3.63) is 97.6 Å². The summed E-state index contributed by atoms with van der Waals surface area (Å²) in [7, 11) is 0. The first-order chi connectivity index (χ1) is 17.4. The number of nitrogens with zero attached hydrogens (tertiary/aromatic N) is 4. The van der Waals surface area contributed by atoms with Crippen LogP contribution in [-0.2, 0) is 37.3 Å². The summed E-state index contributed by atoms with van der Waals surface area (Å²) in [5.74, 6) is -2.17. The molecule has 0 saturated heterocycles. The van der Waals surface area contributed by atoms with Crippen molar-refractivity contribution in [2.24, 2.45) is 0 Å². The van der Waals surface area contributed by atoms with Crippen LogP contribution in [0.2, 0.25) is 0 Å². The summed E-state index contributed by atoms with van der Waals surface area (Å²) in [5, 5.41) is 22.3. The van der Waals surface area contributed by atoms with Crippen molar-refractivity contribution in [1.29, 1.82) is 0 Å². The van der Waals surface area contributed by atoms with E-state index in [2.05, 4.69) is 68.5 Å². The molecule has 0 aliphatic rings. The number of rotatable bonds is 0. The Labute approximate surface area is 267 Å². The van der Waals surface area contributed by atoms with E-state index in [0.29, 0.717) is 0 Å². The average Bonchev–Trinajstić information content (AvgIpc) is 2.88. The molecule has 0 bridgehead atoms. The molecule has 0 saturated carbocycles. The van der Waals surface area contributed by atoms with E-state index in [-0.39, 0.29) is 60.6 Å². The third kappa shape index (κ3) is 16.6. The molecule has 0 aliphatic carbocycles. The molecule has 0 fully saturated rings. The van der Waals surface area contributed by atoms with Crippen LogP contribution in [0.25, 0.3) is 43.6 Å². The van der Waals surface area contributed by atoms with Gasteiger partial charge < -0.3 is 63.6 Å². The maximum absolute atomic E-state index is 8.89. The number of benzene rings is 2. The zero-order valence-electron chi connectivity index (χ0n) is 24.1. The summed E-state index contributed by atoms with van der Waals surface area (Å²) in [6, 6.07) is 24.3. The van der Waals surface area contributed by atoms with E-state index in [1.807, 2.05) is 24.3 Å². The molecular weight excluding hydrogens is 643 g/mol. The SMILES string of the molecule is CC(=O)[O-].CC(=O)[O-].O.O.O.O.O.O.[Co+2].[OH3+].[OH3+].c1cnc2c(c1)ccc1cccnc12.c1cnc2c(c1)ccc1cccnc12. The summed E-state index contributed by atoms with van der Waals surface area (Å²) in [6.07, 6.45) is 7.21. The summed E-state index contributed by atoms with van der Waals surface area (Å²) < 4.78 is 0. The van der Waals surface area contributed by atoms with E-state index in [4.69, 9.17) is 19.8 Å². The van der Waals surface area contributed by atoms with E-state index in [0.717, 1.165) is 57.5 Å². The van der Waals surface area contributed by atoms with Gasteiger partial charge in [0.15, 0.2) is 0 Å². The summed E-state index contributed by atoms with van der Waals surface area (Å²) in [5.41, 5.74) is 3.91. The molecule has 0 unspecified atom stereocenters. The Hall–Kier alpha value is -4.79. The van der Waals surface area contributed by atoms with Gasteiger partial charge in [-0.2, -0.15) is 0 Å². The van der Waals surface area contributed by atoms with Gasteiger partial charge in [-0.15, -0.1) is 0 Å². The van der Waals surface area contributed by atoms with Crippen molar-refractivity contribution >= 4 is 55.6 Å². The number of carboxylic acid groups (broad SMARTS) is 2.